The molecule has 3 N–H and O–H groups in total. The van der Waals surface area contributed by atoms with Crippen LogP contribution in [-0.4, -0.2) is 38.2 Å². The van der Waals surface area contributed by atoms with E-state index in [-0.39, 0.29) is 17.3 Å². The molecule has 744 valence electrons. The molecule has 12 rings (SSSR count). The molecule has 0 atom stereocenters. The van der Waals surface area contributed by atoms with Crippen LogP contribution in [0.5, 0.6) is 17.2 Å². The van der Waals surface area contributed by atoms with E-state index in [1.807, 2.05) is 38.1 Å². The zero-order valence-electron chi connectivity index (χ0n) is 92.2. The first-order valence-corrected chi connectivity index (χ1v) is 51.3. The maximum atomic E-state index is 10.9. The first kappa shape index (κ1) is 122. The third-order valence-electron chi connectivity index (χ3n) is 21.8. The van der Waals surface area contributed by atoms with E-state index in [0.717, 1.165) is 103 Å². The van der Waals surface area contributed by atoms with E-state index in [1.54, 1.807) is 26.2 Å². The van der Waals surface area contributed by atoms with Crippen LogP contribution in [0, 0.1) is 92.8 Å². The molecule has 0 amide bonds. The number of aromatic hydroxyl groups is 1. The Kier molecular flexibility index (Phi) is 60.2. The van der Waals surface area contributed by atoms with Crippen LogP contribution in [-0.2, 0) is 93.7 Å². The van der Waals surface area contributed by atoms with Crippen molar-refractivity contribution in [2.75, 3.05) is 31.8 Å². The monoisotopic (exact) mass is 1840 g/mol. The van der Waals surface area contributed by atoms with Gasteiger partial charge in [0, 0.05) is 31.9 Å². The van der Waals surface area contributed by atoms with Gasteiger partial charge in [0.1, 0.15) is 23.0 Å². The van der Waals surface area contributed by atoms with Gasteiger partial charge in [-0.05, 0) is 345 Å². The van der Waals surface area contributed by atoms with E-state index in [0.29, 0.717) is 35.8 Å². The van der Waals surface area contributed by atoms with E-state index in [1.165, 1.54) is 144 Å². The maximum absolute atomic E-state index is 10.9. The van der Waals surface area contributed by atoms with Gasteiger partial charge in [0.05, 0.1) is 13.2 Å². The Labute approximate surface area is 834 Å². The largest absolute Gasteiger partial charge is 0.508 e. The summed E-state index contributed by atoms with van der Waals surface area (Å²) in [5.74, 6) is 10.6. The fraction of sp³-hybridized carbons (Fsp3) is 0.469. The second kappa shape index (κ2) is 67.2. The van der Waals surface area contributed by atoms with Gasteiger partial charge in [0.2, 0.25) is 0 Å². The summed E-state index contributed by atoms with van der Waals surface area (Å²) in [5.41, 5.74) is 34.2. The van der Waals surface area contributed by atoms with Crippen molar-refractivity contribution in [3.05, 3.63) is 367 Å². The molecule has 6 heteroatoms. The molecule has 0 aliphatic heterocycles. The fourth-order valence-corrected chi connectivity index (χ4v) is 15.4. The molecule has 0 fully saturated rings. The van der Waals surface area contributed by atoms with Gasteiger partial charge in [-0.3, -0.25) is 4.79 Å². The number of fused-ring (bicyclic) bond motifs is 1. The van der Waals surface area contributed by atoms with Crippen molar-refractivity contribution >= 4 is 23.2 Å². The summed E-state index contributed by atoms with van der Waals surface area (Å²) in [6.45, 7) is 70.2. The quantitative estimate of drug-likeness (QED) is 0.0475. The number of ether oxygens (including phenoxy) is 2. The number of benzene rings is 11. The number of nitrogens with two attached hydrogens (primary N) is 1. The van der Waals surface area contributed by atoms with Crippen LogP contribution < -0.4 is 20.1 Å². The fourth-order valence-electron chi connectivity index (χ4n) is 15.4. The molecular formula is C130H190N2O4. The van der Waals surface area contributed by atoms with Gasteiger partial charge >= 0.3 is 0 Å². The van der Waals surface area contributed by atoms with Crippen molar-refractivity contribution in [1.29, 1.82) is 0 Å². The second-order valence-electron chi connectivity index (χ2n) is 43.9. The molecule has 0 saturated carbocycles. The number of ketones is 1. The predicted molar refractivity (Wildman–Crippen MR) is 602 cm³/mol. The summed E-state index contributed by atoms with van der Waals surface area (Å²) >= 11 is 0. The Morgan fingerprint density at radius 3 is 1.10 bits per heavy atom. The van der Waals surface area contributed by atoms with E-state index in [2.05, 4.69) is 450 Å². The molecule has 0 spiro atoms. The van der Waals surface area contributed by atoms with Crippen LogP contribution in [0.15, 0.2) is 261 Å². The number of Topliss-reactive ketones (excluding diaryl/α,β-unsaturated/α-hetero) is 1. The summed E-state index contributed by atoms with van der Waals surface area (Å²) in [4.78, 5) is 13.0. The average molecular weight is 1840 g/mol. The number of phenolic OH excluding ortho intramolecular Hbond substituents is 1. The molecule has 0 heterocycles. The van der Waals surface area contributed by atoms with Crippen LogP contribution in [0.1, 0.15) is 300 Å². The Hall–Kier alpha value is -10.2. The number of carbonyl (C=O) groups excluding carboxylic acids is 1. The van der Waals surface area contributed by atoms with Gasteiger partial charge < -0.3 is 25.2 Å². The summed E-state index contributed by atoms with van der Waals surface area (Å²) < 4.78 is 10.9. The third kappa shape index (κ3) is 59.7. The zero-order valence-corrected chi connectivity index (χ0v) is 92.2. The number of phenols is 1. The van der Waals surface area contributed by atoms with Crippen molar-refractivity contribution in [2.24, 2.45) is 65.1 Å². The second-order valence-corrected chi connectivity index (χ2v) is 43.9. The highest BCUT2D eigenvalue weighted by Crippen LogP contribution is 2.28. The summed E-state index contributed by atoms with van der Waals surface area (Å²) in [6, 6.07) is 89.5. The molecule has 11 aromatic carbocycles. The van der Waals surface area contributed by atoms with Gasteiger partial charge in [0.15, 0.2) is 0 Å². The summed E-state index contributed by atoms with van der Waals surface area (Å²) in [5, 5.41) is 8.99. The number of aryl methyl sites for hydroxylation is 4. The van der Waals surface area contributed by atoms with Crippen molar-refractivity contribution in [1.82, 2.24) is 0 Å². The van der Waals surface area contributed by atoms with Crippen LogP contribution in [0.2, 0.25) is 0 Å². The number of hydrogen-bond acceptors (Lipinski definition) is 6. The number of hydrogen-bond donors (Lipinski definition) is 2. The number of nitrogen functional groups attached to an aromatic ring is 1. The first-order valence-electron chi connectivity index (χ1n) is 51.3. The Morgan fingerprint density at radius 1 is 0.360 bits per heavy atom. The van der Waals surface area contributed by atoms with Crippen LogP contribution in [0.4, 0.5) is 11.4 Å². The first-order chi connectivity index (χ1) is 63.9. The summed E-state index contributed by atoms with van der Waals surface area (Å²) in [6.07, 6.45) is 19.1. The van der Waals surface area contributed by atoms with Crippen molar-refractivity contribution in [2.45, 2.75) is 317 Å². The van der Waals surface area contributed by atoms with E-state index in [9.17, 15) is 4.79 Å². The van der Waals surface area contributed by atoms with Crippen molar-refractivity contribution in [3.63, 3.8) is 0 Å². The minimum atomic E-state index is 0.224. The van der Waals surface area contributed by atoms with Gasteiger partial charge in [-0.2, -0.15) is 0 Å². The van der Waals surface area contributed by atoms with Gasteiger partial charge in [0.25, 0.3) is 0 Å². The molecule has 0 aromatic heterocycles. The molecule has 0 bridgehead atoms. The number of nitrogens with zero attached hydrogens (tertiary/aromatic N) is 1. The molecule has 1 aliphatic rings. The average Bonchev–Trinajstić information content (AvgIpc) is 1.27. The Balaban J connectivity index is 0.000000507. The van der Waals surface area contributed by atoms with Crippen molar-refractivity contribution < 1.29 is 19.4 Å². The molecule has 136 heavy (non-hydrogen) atoms. The SMILES string of the molecule is CC(=O)Cc1ccc(CC(C)C)cc1.CC(C)Cc1ccc(C(C)(C)C)cc1.CC(C)Cc1ccc(N(C)C)cc1.CC(C)Cc1ccc(N)cc1.CC(C)Cc1ccc(O)cc1.CC(C)Cc1ccc(OC(C)C)cc1.CC(C)Cc1ccc2c(c1)C=CC2.COc1cc(C)ccc1CC(C)C.Cc1ccc(CC(C)C)cc1.Cc1cccc(CC(C)C)c1.Cc1ccccc1CC(C)C. The number of methoxy groups -OCH3 is 1. The lowest BCUT2D eigenvalue weighted by atomic mass is 9.86. The van der Waals surface area contributed by atoms with E-state index in [4.69, 9.17) is 20.3 Å². The maximum Gasteiger partial charge on any atom is 0.134 e. The highest BCUT2D eigenvalue weighted by atomic mass is 16.5. The molecular weight excluding hydrogens is 1650 g/mol. The van der Waals surface area contributed by atoms with Gasteiger partial charge in [-0.25, -0.2) is 0 Å². The van der Waals surface area contributed by atoms with E-state index < -0.39 is 0 Å². The highest BCUT2D eigenvalue weighted by Gasteiger charge is 2.14. The number of carbonyl (C=O) groups is 1. The Bertz CT molecular complexity index is 4800. The Morgan fingerprint density at radius 2 is 0.706 bits per heavy atom. The molecule has 0 saturated heterocycles. The lowest BCUT2D eigenvalue weighted by Crippen LogP contribution is -2.10. The normalized spacial score (nSPS) is 11.1. The smallest absolute Gasteiger partial charge is 0.134 e. The van der Waals surface area contributed by atoms with Gasteiger partial charge in [-0.1, -0.05) is 397 Å². The minimum Gasteiger partial charge on any atom is -0.508 e. The van der Waals surface area contributed by atoms with Crippen LogP contribution in [0.3, 0.4) is 0 Å². The number of rotatable bonds is 28. The molecule has 11 aromatic rings. The van der Waals surface area contributed by atoms with Gasteiger partial charge in [-0.15, -0.1) is 0 Å². The predicted octanol–water partition coefficient (Wildman–Crippen LogP) is 35.1. The molecule has 1 aliphatic carbocycles. The van der Waals surface area contributed by atoms with Crippen LogP contribution in [0.25, 0.3) is 6.08 Å². The zero-order chi connectivity index (χ0) is 102. The highest BCUT2D eigenvalue weighted by molar-refractivity contribution is 5.78. The minimum absolute atomic E-state index is 0.224. The lowest BCUT2D eigenvalue weighted by molar-refractivity contribution is -0.116. The summed E-state index contributed by atoms with van der Waals surface area (Å²) in [7, 11) is 5.87. The molecule has 0 radical (unpaired) electrons. The van der Waals surface area contributed by atoms with Crippen LogP contribution >= 0.6 is 0 Å². The number of allylic oxidation sites excluding steroid dienone is 1. The topological polar surface area (TPSA) is 85.0 Å². The van der Waals surface area contributed by atoms with Crippen molar-refractivity contribution in [3.8, 4) is 17.2 Å². The molecule has 0 unspecified atom stereocenters. The number of anilines is 2. The van der Waals surface area contributed by atoms with E-state index >= 15 is 0 Å². The lowest BCUT2D eigenvalue weighted by Gasteiger charge is -2.19. The standard InChI is InChI=1S/C14H22.C13H20O.C13H18O.C13H16.C12H19N.C12H18O.3C11H16.C10H15N.C10H14O/c1-11(2)10-12-6-8-13(9-7-12)14(3,4)5;1-10(2)9-12-5-7-13(8-6-12)14-11(3)4;1-10(2)8-12-4-6-13(7-5-12)9-11(3)14;1-10(2)8-11-6-7-12-4-3-5-13(12)9-11;1-10(2)9-11-5-7-12(8-6-11)13(3)4;1-9(2)7-11-6-5-10(3)8-12(11)13-4;1-9(2)8-11-6-4-10(3)5-7-11;1-9(2)7-11-6-4-5-10(3)8-11;1-9(2)8-11-7-5-4-6-10(11)3;2*1-8(2)7-9-3-5-10(11)6-4-9/h6-9,11H,10H2,1-5H3;5-8,10-11H,9H2,1-4H3;4-7,10H,8-9H2,1-3H3;3,5-7,9-10H,4,8H2,1-2H3;5-8,10H,9H2,1-4H3;5-6,8-9H,7H2,1-4H3;4-7,9H,8H2,1-3H3;4-6,8-9H,7H2,1-3H3;4-7,9H,8H2,1-3H3;3-6,8H,7,11H2,1-2H3;3-6,8,11H,7H2,1-2H3. The third-order valence-corrected chi connectivity index (χ3v) is 21.8. The molecule has 6 nitrogen and oxygen atoms in total.